The lowest BCUT2D eigenvalue weighted by molar-refractivity contribution is -0.132. The van der Waals surface area contributed by atoms with E-state index in [1.54, 1.807) is 31.2 Å². The molecule has 0 aliphatic carbocycles. The summed E-state index contributed by atoms with van der Waals surface area (Å²) >= 11 is 0.959. The molecule has 214 valence electrons. The molecule has 0 radical (unpaired) electrons. The van der Waals surface area contributed by atoms with Crippen LogP contribution in [0.25, 0.3) is 5.76 Å². The molecule has 0 saturated carbocycles. The molecule has 1 atom stereocenters. The minimum absolute atomic E-state index is 0.0272. The summed E-state index contributed by atoms with van der Waals surface area (Å²) in [6.45, 7) is 11.9. The van der Waals surface area contributed by atoms with Crippen molar-refractivity contribution in [3.05, 3.63) is 94.0 Å². The molecule has 2 heterocycles. The van der Waals surface area contributed by atoms with Gasteiger partial charge in [-0.25, -0.2) is 9.78 Å². The van der Waals surface area contributed by atoms with Gasteiger partial charge in [-0.1, -0.05) is 87.6 Å². The molecule has 2 aromatic carbocycles. The number of hydrogen-bond donors (Lipinski definition) is 1. The number of hydrogen-bond acceptors (Lipinski definition) is 8. The third-order valence-corrected chi connectivity index (χ3v) is 7.88. The van der Waals surface area contributed by atoms with Crippen LogP contribution in [0, 0.1) is 6.92 Å². The molecule has 1 saturated heterocycles. The molecule has 1 amide bonds. The molecule has 41 heavy (non-hydrogen) atoms. The van der Waals surface area contributed by atoms with Crippen molar-refractivity contribution < 1.29 is 29.0 Å². The third-order valence-electron chi connectivity index (χ3n) is 6.75. The summed E-state index contributed by atoms with van der Waals surface area (Å²) < 4.78 is 11.0. The summed E-state index contributed by atoms with van der Waals surface area (Å²) in [5, 5.41) is 11.7. The second kappa shape index (κ2) is 13.0. The SMILES string of the molecule is C=CCOC(=O)c1sc(N2C(=O)C(=O)/C(=C(/O)c3cccc(OCCCC)c3)C2c2ccc(C(C)C)cc2)nc1C. The number of unbranched alkanes of at least 4 members (excludes halogenated alkanes) is 1. The van der Waals surface area contributed by atoms with Crippen molar-refractivity contribution in [2.75, 3.05) is 18.1 Å². The van der Waals surface area contributed by atoms with Crippen molar-refractivity contribution >= 4 is 39.9 Å². The Kier molecular flexibility index (Phi) is 9.39. The van der Waals surface area contributed by atoms with E-state index in [9.17, 15) is 19.5 Å². The minimum atomic E-state index is -0.969. The van der Waals surface area contributed by atoms with Gasteiger partial charge in [-0.2, -0.15) is 0 Å². The molecule has 1 N–H and O–H groups in total. The topological polar surface area (TPSA) is 106 Å². The maximum absolute atomic E-state index is 13.6. The minimum Gasteiger partial charge on any atom is -0.507 e. The number of thiazole rings is 1. The van der Waals surface area contributed by atoms with E-state index in [0.717, 1.165) is 29.7 Å². The molecule has 1 unspecified atom stereocenters. The number of anilines is 1. The number of esters is 1. The van der Waals surface area contributed by atoms with Gasteiger partial charge in [-0.3, -0.25) is 14.5 Å². The van der Waals surface area contributed by atoms with Crippen LogP contribution in [0.5, 0.6) is 5.75 Å². The Morgan fingerprint density at radius 2 is 1.93 bits per heavy atom. The first-order valence-electron chi connectivity index (χ1n) is 13.6. The molecule has 9 heteroatoms. The zero-order chi connectivity index (χ0) is 29.7. The second-order valence-electron chi connectivity index (χ2n) is 10.0. The van der Waals surface area contributed by atoms with Crippen molar-refractivity contribution in [3.8, 4) is 5.75 Å². The van der Waals surface area contributed by atoms with Crippen LogP contribution in [-0.4, -0.2) is 41.0 Å². The first kappa shape index (κ1) is 29.7. The van der Waals surface area contributed by atoms with E-state index in [4.69, 9.17) is 9.47 Å². The Hall–Kier alpha value is -4.24. The summed E-state index contributed by atoms with van der Waals surface area (Å²) in [4.78, 5) is 45.7. The molecule has 1 aromatic heterocycles. The van der Waals surface area contributed by atoms with Gasteiger partial charge >= 0.3 is 11.9 Å². The summed E-state index contributed by atoms with van der Waals surface area (Å²) in [5.74, 6) is -1.78. The van der Waals surface area contributed by atoms with Gasteiger partial charge in [0.15, 0.2) is 5.13 Å². The summed E-state index contributed by atoms with van der Waals surface area (Å²) in [5.41, 5.74) is 2.35. The summed E-state index contributed by atoms with van der Waals surface area (Å²) in [6, 6.07) is 13.4. The molecule has 1 aliphatic heterocycles. The number of ether oxygens (including phenoxy) is 2. The number of Topliss-reactive ketones (excluding diaryl/α,β-unsaturated/α-hetero) is 1. The van der Waals surface area contributed by atoms with Gasteiger partial charge in [-0.05, 0) is 42.5 Å². The Labute approximate surface area is 243 Å². The van der Waals surface area contributed by atoms with Gasteiger partial charge in [0, 0.05) is 5.56 Å². The van der Waals surface area contributed by atoms with Gasteiger partial charge in [-0.15, -0.1) is 0 Å². The van der Waals surface area contributed by atoms with Gasteiger partial charge in [0.1, 0.15) is 23.0 Å². The average Bonchev–Trinajstić information content (AvgIpc) is 3.48. The summed E-state index contributed by atoms with van der Waals surface area (Å²) in [6.07, 6.45) is 3.31. The highest BCUT2D eigenvalue weighted by molar-refractivity contribution is 7.17. The van der Waals surface area contributed by atoms with Crippen LogP contribution in [0.2, 0.25) is 0 Å². The molecule has 0 spiro atoms. The zero-order valence-electron chi connectivity index (χ0n) is 23.7. The highest BCUT2D eigenvalue weighted by Crippen LogP contribution is 2.44. The zero-order valence-corrected chi connectivity index (χ0v) is 24.5. The lowest BCUT2D eigenvalue weighted by Gasteiger charge is -2.23. The number of carbonyl (C=O) groups is 3. The quantitative estimate of drug-likeness (QED) is 0.0676. The lowest BCUT2D eigenvalue weighted by Crippen LogP contribution is -2.29. The average molecular weight is 575 g/mol. The number of carbonyl (C=O) groups excluding carboxylic acids is 3. The standard InChI is InChI=1S/C32H34N2O6S/c1-6-8-17-39-24-11-9-10-23(18-24)27(35)25-26(22-14-12-21(13-15-22)19(3)4)34(30(37)28(25)36)32-33-20(5)29(41-32)31(38)40-16-7-2/h7,9-15,18-19,26,35H,2,6,8,16-17H2,1,3-5H3/b27-25+. The van der Waals surface area contributed by atoms with E-state index in [1.165, 1.54) is 11.0 Å². The lowest BCUT2D eigenvalue weighted by atomic mass is 9.93. The van der Waals surface area contributed by atoms with E-state index in [-0.39, 0.29) is 33.9 Å². The fourth-order valence-corrected chi connectivity index (χ4v) is 5.49. The molecule has 8 nitrogen and oxygen atoms in total. The predicted molar refractivity (Wildman–Crippen MR) is 159 cm³/mol. The van der Waals surface area contributed by atoms with E-state index >= 15 is 0 Å². The van der Waals surface area contributed by atoms with Gasteiger partial charge in [0.2, 0.25) is 0 Å². The Balaban J connectivity index is 1.84. The second-order valence-corrected chi connectivity index (χ2v) is 11.0. The van der Waals surface area contributed by atoms with Crippen molar-refractivity contribution in [2.45, 2.75) is 52.5 Å². The predicted octanol–water partition coefficient (Wildman–Crippen LogP) is 6.72. The van der Waals surface area contributed by atoms with E-state index in [2.05, 4.69) is 32.3 Å². The number of ketones is 1. The highest BCUT2D eigenvalue weighted by Gasteiger charge is 2.48. The Bertz CT molecular complexity index is 1490. The maximum Gasteiger partial charge on any atom is 0.350 e. The van der Waals surface area contributed by atoms with Crippen LogP contribution in [-0.2, 0) is 14.3 Å². The monoisotopic (exact) mass is 574 g/mol. The van der Waals surface area contributed by atoms with E-state index in [0.29, 0.717) is 29.2 Å². The largest absolute Gasteiger partial charge is 0.507 e. The number of nitrogens with zero attached hydrogens (tertiary/aromatic N) is 2. The fourth-order valence-electron chi connectivity index (χ4n) is 4.51. The molecule has 1 fully saturated rings. The van der Waals surface area contributed by atoms with Crippen LogP contribution in [0.15, 0.2) is 66.8 Å². The number of rotatable bonds is 11. The van der Waals surface area contributed by atoms with Crippen LogP contribution >= 0.6 is 11.3 Å². The Morgan fingerprint density at radius 3 is 2.59 bits per heavy atom. The molecule has 0 bridgehead atoms. The van der Waals surface area contributed by atoms with Crippen molar-refractivity contribution in [3.63, 3.8) is 0 Å². The molecule has 1 aliphatic rings. The fraction of sp³-hybridized carbons (Fsp3) is 0.312. The number of aryl methyl sites for hydroxylation is 1. The highest BCUT2D eigenvalue weighted by atomic mass is 32.1. The first-order valence-corrected chi connectivity index (χ1v) is 14.4. The normalized spacial score (nSPS) is 16.3. The van der Waals surface area contributed by atoms with Crippen LogP contribution in [0.3, 0.4) is 0 Å². The first-order chi connectivity index (χ1) is 19.7. The molecular formula is C32H34N2O6S. The Morgan fingerprint density at radius 1 is 1.20 bits per heavy atom. The number of aliphatic hydroxyl groups excluding tert-OH is 1. The number of benzene rings is 2. The number of aromatic nitrogens is 1. The van der Waals surface area contributed by atoms with Gasteiger partial charge in [0.25, 0.3) is 5.78 Å². The van der Waals surface area contributed by atoms with Gasteiger partial charge in [0.05, 0.1) is 23.9 Å². The number of amides is 1. The third kappa shape index (κ3) is 6.25. The van der Waals surface area contributed by atoms with Crippen molar-refractivity contribution in [2.24, 2.45) is 0 Å². The molecule has 4 rings (SSSR count). The van der Waals surface area contributed by atoms with E-state index < -0.39 is 23.7 Å². The van der Waals surface area contributed by atoms with Crippen LogP contribution in [0.4, 0.5) is 5.13 Å². The van der Waals surface area contributed by atoms with Crippen molar-refractivity contribution in [1.29, 1.82) is 0 Å². The summed E-state index contributed by atoms with van der Waals surface area (Å²) in [7, 11) is 0. The van der Waals surface area contributed by atoms with Crippen LogP contribution in [0.1, 0.15) is 77.6 Å². The number of aliphatic hydroxyl groups is 1. The van der Waals surface area contributed by atoms with Crippen LogP contribution < -0.4 is 9.64 Å². The smallest absolute Gasteiger partial charge is 0.350 e. The maximum atomic E-state index is 13.6. The van der Waals surface area contributed by atoms with Crippen molar-refractivity contribution in [1.82, 2.24) is 4.98 Å². The van der Waals surface area contributed by atoms with Gasteiger partial charge < -0.3 is 14.6 Å². The van der Waals surface area contributed by atoms with E-state index in [1.807, 2.05) is 24.3 Å². The molecular weight excluding hydrogens is 540 g/mol. The molecule has 3 aromatic rings.